The Labute approximate surface area is 66.7 Å². The van der Waals surface area contributed by atoms with Crippen LogP contribution in [0.25, 0.3) is 0 Å². The zero-order chi connectivity index (χ0) is 7.23. The zero-order valence-electron chi connectivity index (χ0n) is 6.34. The fraction of sp³-hybridized carbons (Fsp3) is 1.00. The van der Waals surface area contributed by atoms with E-state index in [-0.39, 0.29) is 0 Å². The second-order valence-electron chi connectivity index (χ2n) is 3.11. The van der Waals surface area contributed by atoms with Crippen LogP contribution in [0.1, 0.15) is 38.5 Å². The molecule has 0 bridgehead atoms. The van der Waals surface area contributed by atoms with Gasteiger partial charge in [-0.25, -0.2) is 0 Å². The average molecular weight is 159 g/mol. The van der Waals surface area contributed by atoms with Gasteiger partial charge in [-0.1, -0.05) is 32.1 Å². The highest BCUT2D eigenvalue weighted by molar-refractivity contribution is 7.65. The minimum absolute atomic E-state index is 0.745. The second kappa shape index (κ2) is 4.78. The molecular weight excluding hydrogens is 144 g/mol. The van der Waals surface area contributed by atoms with Crippen LogP contribution in [0.15, 0.2) is 0 Å². The topological polar surface area (TPSA) is 17.1 Å². The van der Waals surface area contributed by atoms with Crippen molar-refractivity contribution in [1.82, 2.24) is 0 Å². The first-order valence-electron chi connectivity index (χ1n) is 4.18. The molecule has 0 heterocycles. The van der Waals surface area contributed by atoms with Crippen LogP contribution in [0.2, 0.25) is 0 Å². The Hall–Kier alpha value is 0.0200. The maximum absolute atomic E-state index is 10.1. The van der Waals surface area contributed by atoms with Crippen LogP contribution < -0.4 is 0 Å². The summed E-state index contributed by atoms with van der Waals surface area (Å²) in [6.07, 6.45) is 8.12. The lowest BCUT2D eigenvalue weighted by atomic mass is 9.88. The van der Waals surface area contributed by atoms with E-state index < -0.39 is 0 Å². The average Bonchev–Trinajstić information content (AvgIpc) is 2.03. The third-order valence-corrected chi connectivity index (χ3v) is 2.74. The Balaban J connectivity index is 2.07. The van der Waals surface area contributed by atoms with Gasteiger partial charge < -0.3 is 0 Å². The Kier molecular flexibility index (Phi) is 3.88. The highest BCUT2D eigenvalue weighted by Gasteiger charge is 2.15. The van der Waals surface area contributed by atoms with E-state index in [1.807, 2.05) is 0 Å². The Morgan fingerprint density at radius 2 is 1.90 bits per heavy atom. The summed E-state index contributed by atoms with van der Waals surface area (Å²) in [4.78, 5) is 0. The van der Waals surface area contributed by atoms with Crippen molar-refractivity contribution in [3.8, 4) is 0 Å². The molecule has 0 aliphatic heterocycles. The maximum atomic E-state index is 10.1. The van der Waals surface area contributed by atoms with Gasteiger partial charge in [-0.15, -0.1) is 0 Å². The molecule has 0 spiro atoms. The van der Waals surface area contributed by atoms with Crippen molar-refractivity contribution in [2.75, 3.05) is 5.75 Å². The molecule has 58 valence electrons. The molecule has 1 nitrogen and oxygen atoms in total. The lowest BCUT2D eigenvalue weighted by Crippen LogP contribution is -2.07. The Morgan fingerprint density at radius 3 is 2.50 bits per heavy atom. The minimum Gasteiger partial charge on any atom is -0.0533 e. The summed E-state index contributed by atoms with van der Waals surface area (Å²) in [6.45, 7) is 0. The van der Waals surface area contributed by atoms with E-state index in [0.717, 1.165) is 29.8 Å². The third-order valence-electron chi connectivity index (χ3n) is 2.33. The highest BCUT2D eigenvalue weighted by Crippen LogP contribution is 2.25. The molecule has 0 unspecified atom stereocenters. The predicted octanol–water partition coefficient (Wildman–Crippen LogP) is 2.38. The molecule has 1 aliphatic rings. The van der Waals surface area contributed by atoms with Gasteiger partial charge in [0.25, 0.3) is 0 Å². The summed E-state index contributed by atoms with van der Waals surface area (Å²) in [5.74, 6) is 1.71. The van der Waals surface area contributed by atoms with E-state index in [1.54, 1.807) is 0 Å². The van der Waals surface area contributed by atoms with Gasteiger partial charge in [0.15, 0.2) is 0 Å². The summed E-state index contributed by atoms with van der Waals surface area (Å²) < 4.78 is 10.1. The van der Waals surface area contributed by atoms with E-state index >= 15 is 0 Å². The zero-order valence-corrected chi connectivity index (χ0v) is 7.16. The molecule has 0 atom stereocenters. The van der Waals surface area contributed by atoms with E-state index in [2.05, 4.69) is 0 Å². The van der Waals surface area contributed by atoms with Crippen molar-refractivity contribution in [2.45, 2.75) is 38.5 Å². The van der Waals surface area contributed by atoms with Crippen molar-refractivity contribution in [2.24, 2.45) is 5.92 Å². The lowest BCUT2D eigenvalue weighted by Gasteiger charge is -2.18. The molecular formula is C8H15OS+. The fourth-order valence-corrected chi connectivity index (χ4v) is 2.12. The van der Waals surface area contributed by atoms with Crippen LogP contribution in [0.5, 0.6) is 0 Å². The molecule has 1 aliphatic carbocycles. The van der Waals surface area contributed by atoms with E-state index in [4.69, 9.17) is 0 Å². The van der Waals surface area contributed by atoms with Crippen LogP contribution in [0, 0.1) is 5.92 Å². The first kappa shape index (κ1) is 8.12. The normalized spacial score (nSPS) is 20.8. The van der Waals surface area contributed by atoms with Gasteiger partial charge in [-0.3, -0.25) is 0 Å². The summed E-state index contributed by atoms with van der Waals surface area (Å²) in [6, 6.07) is 0. The molecule has 0 saturated heterocycles. The van der Waals surface area contributed by atoms with Crippen LogP contribution >= 0.6 is 0 Å². The molecule has 1 fully saturated rings. The summed E-state index contributed by atoms with van der Waals surface area (Å²) in [7, 11) is 0. The van der Waals surface area contributed by atoms with Gasteiger partial charge in [0.2, 0.25) is 5.75 Å². The van der Waals surface area contributed by atoms with Gasteiger partial charge in [0, 0.05) is 10.6 Å². The molecule has 0 aromatic rings. The van der Waals surface area contributed by atoms with Gasteiger partial charge in [-0.05, 0) is 5.92 Å². The minimum atomic E-state index is 0.745. The highest BCUT2D eigenvalue weighted by atomic mass is 32.1. The van der Waals surface area contributed by atoms with Crippen molar-refractivity contribution < 1.29 is 4.21 Å². The molecule has 0 N–H and O–H groups in total. The maximum Gasteiger partial charge on any atom is 0.458 e. The van der Waals surface area contributed by atoms with E-state index in [0.29, 0.717) is 0 Å². The van der Waals surface area contributed by atoms with Gasteiger partial charge in [0.1, 0.15) is 0 Å². The lowest BCUT2D eigenvalue weighted by molar-refractivity contribution is 0.351. The predicted molar refractivity (Wildman–Crippen MR) is 44.1 cm³/mol. The summed E-state index contributed by atoms with van der Waals surface area (Å²) in [5.41, 5.74) is 0. The van der Waals surface area contributed by atoms with Gasteiger partial charge in [0.05, 0.1) is 0 Å². The SMILES string of the molecule is O=[S+]CCC1CCCCC1. The standard InChI is InChI=1S/C8H15OS/c9-10-7-6-8-4-2-1-3-5-8/h8H,1-7H2/q+1. The summed E-state index contributed by atoms with van der Waals surface area (Å²) >= 11 is 0.745. The molecule has 0 amide bonds. The van der Waals surface area contributed by atoms with Crippen molar-refractivity contribution in [1.29, 1.82) is 0 Å². The number of rotatable bonds is 3. The monoisotopic (exact) mass is 159 g/mol. The van der Waals surface area contributed by atoms with Crippen molar-refractivity contribution in [3.63, 3.8) is 0 Å². The molecule has 10 heavy (non-hydrogen) atoms. The third kappa shape index (κ3) is 2.74. The first-order valence-corrected chi connectivity index (χ1v) is 5.09. The van der Waals surface area contributed by atoms with Gasteiger partial charge in [-0.2, -0.15) is 0 Å². The number of hydrogen-bond acceptors (Lipinski definition) is 1. The van der Waals surface area contributed by atoms with Gasteiger partial charge >= 0.3 is 11.7 Å². The fourth-order valence-electron chi connectivity index (χ4n) is 1.69. The van der Waals surface area contributed by atoms with Crippen LogP contribution in [-0.2, 0) is 15.9 Å². The van der Waals surface area contributed by atoms with Crippen molar-refractivity contribution in [3.05, 3.63) is 0 Å². The largest absolute Gasteiger partial charge is 0.458 e. The molecule has 0 radical (unpaired) electrons. The molecule has 2 heteroatoms. The molecule has 0 aromatic carbocycles. The number of hydrogen-bond donors (Lipinski definition) is 0. The quantitative estimate of drug-likeness (QED) is 0.578. The van der Waals surface area contributed by atoms with Crippen molar-refractivity contribution >= 4 is 11.7 Å². The Morgan fingerprint density at radius 1 is 1.20 bits per heavy atom. The molecule has 0 aromatic heterocycles. The molecule has 1 saturated carbocycles. The van der Waals surface area contributed by atoms with Crippen LogP contribution in [-0.4, -0.2) is 5.75 Å². The molecule has 1 rings (SSSR count). The van der Waals surface area contributed by atoms with Crippen LogP contribution in [0.3, 0.4) is 0 Å². The summed E-state index contributed by atoms with van der Waals surface area (Å²) in [5, 5.41) is 0. The smallest absolute Gasteiger partial charge is 0.0533 e. The van der Waals surface area contributed by atoms with Crippen LogP contribution in [0.4, 0.5) is 0 Å². The van der Waals surface area contributed by atoms with E-state index in [1.165, 1.54) is 32.1 Å². The van der Waals surface area contributed by atoms with E-state index in [9.17, 15) is 4.21 Å². The second-order valence-corrected chi connectivity index (χ2v) is 3.76. The first-order chi connectivity index (χ1) is 4.93. The Bertz CT molecular complexity index is 97.4.